The van der Waals surface area contributed by atoms with Crippen molar-refractivity contribution < 1.29 is 29.5 Å². The number of ether oxygens (including phenoxy) is 3. The molecule has 7 heteroatoms. The fourth-order valence-corrected chi connectivity index (χ4v) is 3.60. The minimum absolute atomic E-state index is 0.00584. The predicted molar refractivity (Wildman–Crippen MR) is 99.9 cm³/mol. The lowest BCUT2D eigenvalue weighted by Crippen LogP contribution is -2.32. The first-order chi connectivity index (χ1) is 12.7. The van der Waals surface area contributed by atoms with Gasteiger partial charge in [0, 0.05) is 6.54 Å². The van der Waals surface area contributed by atoms with Crippen LogP contribution < -0.4 is 0 Å². The van der Waals surface area contributed by atoms with Gasteiger partial charge in [-0.3, -0.25) is 4.57 Å². The molecule has 0 aromatic carbocycles. The molecule has 152 valence electrons. The average Bonchev–Trinajstić information content (AvgIpc) is 3.26. The fourth-order valence-electron chi connectivity index (χ4n) is 3.60. The normalized spacial score (nSPS) is 21.2. The average molecular weight is 381 g/mol. The number of aromatic hydroxyl groups is 2. The summed E-state index contributed by atoms with van der Waals surface area (Å²) in [6.07, 6.45) is 4.62. The Labute approximate surface area is 160 Å². The first-order valence-corrected chi connectivity index (χ1v) is 9.52. The van der Waals surface area contributed by atoms with Crippen molar-refractivity contribution in [2.75, 3.05) is 19.8 Å². The Morgan fingerprint density at radius 2 is 1.44 bits per heavy atom. The molecule has 0 fully saturated rings. The van der Waals surface area contributed by atoms with Crippen LogP contribution in [0.25, 0.3) is 0 Å². The third-order valence-corrected chi connectivity index (χ3v) is 5.32. The largest absolute Gasteiger partial charge is 0.494 e. The lowest BCUT2D eigenvalue weighted by molar-refractivity contribution is -0.0809. The van der Waals surface area contributed by atoms with Crippen LogP contribution in [0.4, 0.5) is 0 Å². The molecule has 2 unspecified atom stereocenters. The summed E-state index contributed by atoms with van der Waals surface area (Å²) in [5.74, 6) is 0.155. The molecule has 1 aromatic heterocycles. The van der Waals surface area contributed by atoms with Gasteiger partial charge < -0.3 is 29.5 Å². The first kappa shape index (κ1) is 20.2. The molecule has 0 saturated carbocycles. The summed E-state index contributed by atoms with van der Waals surface area (Å²) in [4.78, 5) is 0. The van der Waals surface area contributed by atoms with Crippen LogP contribution in [0.3, 0.4) is 0 Å². The Balaban J connectivity index is 1.54. The molecule has 7 nitrogen and oxygen atoms in total. The number of aliphatic hydroxyl groups excluding tert-OH is 1. The SMILES string of the molecule is CC(C)(CCOC(C)(C)CCn1c(O)c2c(c1O)C1C=CC2O1)OCCO. The zero-order valence-electron chi connectivity index (χ0n) is 16.6. The van der Waals surface area contributed by atoms with Crippen LogP contribution in [0.1, 0.15) is 63.9 Å². The highest BCUT2D eigenvalue weighted by Gasteiger charge is 2.42. The molecule has 3 rings (SSSR count). The molecule has 0 amide bonds. The van der Waals surface area contributed by atoms with Crippen molar-refractivity contribution >= 4 is 0 Å². The zero-order chi connectivity index (χ0) is 19.8. The van der Waals surface area contributed by atoms with Crippen LogP contribution >= 0.6 is 0 Å². The highest BCUT2D eigenvalue weighted by molar-refractivity contribution is 5.55. The topological polar surface area (TPSA) is 93.3 Å². The molecule has 27 heavy (non-hydrogen) atoms. The van der Waals surface area contributed by atoms with Crippen molar-refractivity contribution in [3.63, 3.8) is 0 Å². The Morgan fingerprint density at radius 3 is 2.00 bits per heavy atom. The van der Waals surface area contributed by atoms with Crippen molar-refractivity contribution in [3.8, 4) is 11.8 Å². The summed E-state index contributed by atoms with van der Waals surface area (Å²) in [7, 11) is 0. The van der Waals surface area contributed by atoms with E-state index in [1.165, 1.54) is 0 Å². The number of nitrogens with zero attached hydrogens (tertiary/aromatic N) is 1. The van der Waals surface area contributed by atoms with Crippen molar-refractivity contribution in [2.45, 2.75) is 70.5 Å². The number of fused-ring (bicyclic) bond motifs is 5. The summed E-state index contributed by atoms with van der Waals surface area (Å²) in [5, 5.41) is 29.9. The van der Waals surface area contributed by atoms with Gasteiger partial charge in [0.1, 0.15) is 12.2 Å². The van der Waals surface area contributed by atoms with E-state index in [1.807, 2.05) is 39.8 Å². The van der Waals surface area contributed by atoms with Crippen molar-refractivity contribution in [3.05, 3.63) is 23.3 Å². The van der Waals surface area contributed by atoms with E-state index in [-0.39, 0.29) is 36.2 Å². The summed E-state index contributed by atoms with van der Waals surface area (Å²) < 4.78 is 18.8. The standard InChI is InChI=1S/C20H31NO6/c1-19(2,25-11-8-20(3,4)26-12-10-22)7-9-21-17(23)15-13-5-6-14(27-13)16(15)18(21)24/h5-6,13-14,22-24H,7-12H2,1-4H3. The van der Waals surface area contributed by atoms with Gasteiger partial charge in [-0.05, 0) is 40.5 Å². The molecule has 3 heterocycles. The van der Waals surface area contributed by atoms with E-state index in [1.54, 1.807) is 4.57 Å². The van der Waals surface area contributed by atoms with E-state index in [0.717, 1.165) is 0 Å². The second-order valence-corrected chi connectivity index (χ2v) is 8.43. The number of aliphatic hydroxyl groups is 1. The van der Waals surface area contributed by atoms with Crippen LogP contribution in [-0.4, -0.2) is 50.9 Å². The lowest BCUT2D eigenvalue weighted by Gasteiger charge is -2.30. The first-order valence-electron chi connectivity index (χ1n) is 9.52. The molecular weight excluding hydrogens is 350 g/mol. The molecule has 0 aliphatic carbocycles. The number of rotatable bonds is 10. The molecule has 2 atom stereocenters. The molecular formula is C20H31NO6. The zero-order valence-corrected chi connectivity index (χ0v) is 16.6. The van der Waals surface area contributed by atoms with E-state index in [4.69, 9.17) is 19.3 Å². The Morgan fingerprint density at radius 1 is 0.926 bits per heavy atom. The Bertz CT molecular complexity index is 670. The molecule has 1 aromatic rings. The second-order valence-electron chi connectivity index (χ2n) is 8.43. The van der Waals surface area contributed by atoms with Crippen LogP contribution in [-0.2, 0) is 20.8 Å². The van der Waals surface area contributed by atoms with Crippen molar-refractivity contribution in [1.82, 2.24) is 4.57 Å². The molecule has 0 radical (unpaired) electrons. The summed E-state index contributed by atoms with van der Waals surface area (Å²) in [6.45, 7) is 9.22. The summed E-state index contributed by atoms with van der Waals surface area (Å²) in [6, 6.07) is 0. The van der Waals surface area contributed by atoms with Gasteiger partial charge in [0.05, 0.1) is 42.1 Å². The predicted octanol–water partition coefficient (Wildman–Crippen LogP) is 2.94. The van der Waals surface area contributed by atoms with Crippen molar-refractivity contribution in [1.29, 1.82) is 0 Å². The fraction of sp³-hybridized carbons (Fsp3) is 0.700. The maximum Gasteiger partial charge on any atom is 0.200 e. The van der Waals surface area contributed by atoms with Crippen LogP contribution in [0.15, 0.2) is 12.2 Å². The number of hydrogen-bond acceptors (Lipinski definition) is 6. The van der Waals surface area contributed by atoms with Crippen LogP contribution in [0.5, 0.6) is 11.8 Å². The third kappa shape index (κ3) is 4.16. The molecule has 2 aliphatic rings. The van der Waals surface area contributed by atoms with E-state index in [2.05, 4.69) is 0 Å². The molecule has 0 spiro atoms. The maximum absolute atomic E-state index is 10.5. The minimum atomic E-state index is -0.422. The van der Waals surface area contributed by atoms with E-state index in [9.17, 15) is 10.2 Å². The highest BCUT2D eigenvalue weighted by Crippen LogP contribution is 2.54. The Hall–Kier alpha value is -1.54. The smallest absolute Gasteiger partial charge is 0.200 e. The molecule has 0 saturated heterocycles. The van der Waals surface area contributed by atoms with Gasteiger partial charge in [0.15, 0.2) is 0 Å². The lowest BCUT2D eigenvalue weighted by atomic mass is 10.0. The Kier molecular flexibility index (Phi) is 5.59. The van der Waals surface area contributed by atoms with Crippen LogP contribution in [0, 0.1) is 0 Å². The number of aromatic nitrogens is 1. The number of hydrogen-bond donors (Lipinski definition) is 3. The quantitative estimate of drug-likeness (QED) is 0.540. The van der Waals surface area contributed by atoms with E-state index >= 15 is 0 Å². The van der Waals surface area contributed by atoms with Crippen molar-refractivity contribution in [2.24, 2.45) is 0 Å². The monoisotopic (exact) mass is 381 g/mol. The highest BCUT2D eigenvalue weighted by atomic mass is 16.5. The molecule has 2 bridgehead atoms. The van der Waals surface area contributed by atoms with Gasteiger partial charge in [-0.1, -0.05) is 12.2 Å². The van der Waals surface area contributed by atoms with Gasteiger partial charge >= 0.3 is 0 Å². The summed E-state index contributed by atoms with van der Waals surface area (Å²) in [5.41, 5.74) is 0.583. The second kappa shape index (κ2) is 7.47. The molecule has 2 aliphatic heterocycles. The van der Waals surface area contributed by atoms with Gasteiger partial charge in [0.25, 0.3) is 0 Å². The van der Waals surface area contributed by atoms with Gasteiger partial charge in [-0.2, -0.15) is 0 Å². The summed E-state index contributed by atoms with van der Waals surface area (Å²) >= 11 is 0. The van der Waals surface area contributed by atoms with E-state index < -0.39 is 5.60 Å². The van der Waals surface area contributed by atoms with E-state index in [0.29, 0.717) is 43.7 Å². The van der Waals surface area contributed by atoms with Gasteiger partial charge in [0.2, 0.25) is 11.8 Å². The van der Waals surface area contributed by atoms with Crippen LogP contribution in [0.2, 0.25) is 0 Å². The minimum Gasteiger partial charge on any atom is -0.494 e. The molecule has 3 N–H and O–H groups in total. The third-order valence-electron chi connectivity index (χ3n) is 5.32. The van der Waals surface area contributed by atoms with Gasteiger partial charge in [-0.25, -0.2) is 0 Å². The van der Waals surface area contributed by atoms with Gasteiger partial charge in [-0.15, -0.1) is 0 Å². The maximum atomic E-state index is 10.5.